The monoisotopic (exact) mass is 424 g/mol. The van der Waals surface area contributed by atoms with Crippen molar-refractivity contribution in [3.63, 3.8) is 0 Å². The molecule has 0 atom stereocenters. The molecule has 2 N–H and O–H groups in total. The van der Waals surface area contributed by atoms with Gasteiger partial charge in [0.25, 0.3) is 5.91 Å². The first-order chi connectivity index (χ1) is 13.9. The maximum absolute atomic E-state index is 13.0. The number of piperidine rings is 2. The van der Waals surface area contributed by atoms with Crippen LogP contribution >= 0.6 is 0 Å². The topological polar surface area (TPSA) is 80.2 Å². The summed E-state index contributed by atoms with van der Waals surface area (Å²) < 4.78 is 33.4. The van der Waals surface area contributed by atoms with E-state index < -0.39 is 10.0 Å². The molecule has 29 heavy (non-hydrogen) atoms. The number of benzene rings is 1. The fourth-order valence-electron chi connectivity index (χ4n) is 4.03. The van der Waals surface area contributed by atoms with Gasteiger partial charge in [0.05, 0.1) is 29.8 Å². The second-order valence-corrected chi connectivity index (χ2v) is 10.3. The number of amides is 1. The third kappa shape index (κ3) is 5.93. The molecule has 1 amide bonds. The zero-order valence-electron chi connectivity index (χ0n) is 17.6. The lowest BCUT2D eigenvalue weighted by Gasteiger charge is -2.26. The second-order valence-electron chi connectivity index (χ2n) is 8.32. The quantitative estimate of drug-likeness (QED) is 0.698. The van der Waals surface area contributed by atoms with Crippen molar-refractivity contribution in [2.45, 2.75) is 63.4 Å². The summed E-state index contributed by atoms with van der Waals surface area (Å²) >= 11 is 0. The highest BCUT2D eigenvalue weighted by Crippen LogP contribution is 2.30. The van der Waals surface area contributed by atoms with Gasteiger partial charge in [0.2, 0.25) is 10.0 Å². The van der Waals surface area contributed by atoms with E-state index in [2.05, 4.69) is 5.32 Å². The van der Waals surface area contributed by atoms with Crippen LogP contribution in [0.2, 0.25) is 0 Å². The number of nitrogens with zero attached hydrogens (tertiary/aromatic N) is 1. The molecule has 0 unspecified atom stereocenters. The largest absolute Gasteiger partial charge is 0.489 e. The number of quaternary nitrogens is 1. The lowest BCUT2D eigenvalue weighted by Crippen LogP contribution is -3.13. The Bertz CT molecular complexity index is 798. The Hall–Kier alpha value is -1.64. The van der Waals surface area contributed by atoms with Crippen molar-refractivity contribution < 1.29 is 22.8 Å². The van der Waals surface area contributed by atoms with Gasteiger partial charge in [0.1, 0.15) is 5.75 Å². The molecule has 8 heteroatoms. The number of anilines is 1. The van der Waals surface area contributed by atoms with Crippen LogP contribution in [0, 0.1) is 0 Å². The fourth-order valence-corrected chi connectivity index (χ4v) is 5.57. The van der Waals surface area contributed by atoms with Gasteiger partial charge in [-0.3, -0.25) is 4.79 Å². The molecule has 0 radical (unpaired) electrons. The van der Waals surface area contributed by atoms with Crippen LogP contribution < -0.4 is 15.0 Å². The summed E-state index contributed by atoms with van der Waals surface area (Å²) in [5.41, 5.74) is 0.429. The highest BCUT2D eigenvalue weighted by atomic mass is 32.2. The minimum absolute atomic E-state index is 0.0806. The van der Waals surface area contributed by atoms with Gasteiger partial charge in [0, 0.05) is 13.1 Å². The number of nitrogens with one attached hydrogen (secondary N) is 2. The van der Waals surface area contributed by atoms with Crippen molar-refractivity contribution in [2.75, 3.05) is 38.0 Å². The second kappa shape index (κ2) is 9.91. The van der Waals surface area contributed by atoms with Gasteiger partial charge in [0.15, 0.2) is 6.54 Å². The average Bonchev–Trinajstić information content (AvgIpc) is 2.70. The van der Waals surface area contributed by atoms with Crippen molar-refractivity contribution in [3.8, 4) is 5.75 Å². The molecule has 0 spiro atoms. The van der Waals surface area contributed by atoms with E-state index in [9.17, 15) is 13.2 Å². The van der Waals surface area contributed by atoms with E-state index in [0.717, 1.165) is 45.2 Å². The molecule has 162 valence electrons. The van der Waals surface area contributed by atoms with Gasteiger partial charge in [-0.1, -0.05) is 6.42 Å². The molecule has 2 heterocycles. The minimum atomic E-state index is -3.57. The molecular formula is C21H34N3O4S+. The van der Waals surface area contributed by atoms with E-state index in [-0.39, 0.29) is 16.9 Å². The summed E-state index contributed by atoms with van der Waals surface area (Å²) in [7, 11) is -3.57. The standard InChI is InChI=1S/C21H33N3O4S/c1-17(2)28-20-10-9-18(29(26,27)24-13-7-4-8-14-24)15-19(20)22-21(25)16-23-11-5-3-6-12-23/h9-10,15,17H,3-8,11-14,16H2,1-2H3,(H,22,25)/p+1. The minimum Gasteiger partial charge on any atom is -0.489 e. The van der Waals surface area contributed by atoms with E-state index in [4.69, 9.17) is 4.74 Å². The van der Waals surface area contributed by atoms with E-state index in [1.807, 2.05) is 13.8 Å². The first kappa shape index (κ1) is 22.1. The summed E-state index contributed by atoms with van der Waals surface area (Å²) in [6, 6.07) is 4.78. The van der Waals surface area contributed by atoms with Gasteiger partial charge < -0.3 is 15.0 Å². The lowest BCUT2D eigenvalue weighted by atomic mass is 10.1. The van der Waals surface area contributed by atoms with Crippen molar-refractivity contribution in [2.24, 2.45) is 0 Å². The Kier molecular flexibility index (Phi) is 7.54. The third-order valence-electron chi connectivity index (χ3n) is 5.51. The maximum atomic E-state index is 13.0. The molecule has 2 fully saturated rings. The number of ether oxygens (including phenoxy) is 1. The SMILES string of the molecule is CC(C)Oc1ccc(S(=O)(=O)N2CCCCC2)cc1NC(=O)C[NH+]1CCCCC1. The Labute approximate surface area is 174 Å². The van der Waals surface area contributed by atoms with Crippen LogP contribution in [-0.4, -0.2) is 57.5 Å². The van der Waals surface area contributed by atoms with Gasteiger partial charge in [-0.2, -0.15) is 4.31 Å². The molecule has 2 aliphatic heterocycles. The summed E-state index contributed by atoms with van der Waals surface area (Å²) in [5, 5.41) is 2.91. The molecule has 7 nitrogen and oxygen atoms in total. The molecule has 2 aliphatic rings. The molecule has 0 saturated carbocycles. The first-order valence-electron chi connectivity index (χ1n) is 10.8. The van der Waals surface area contributed by atoms with Gasteiger partial charge >= 0.3 is 0 Å². The molecular weight excluding hydrogens is 390 g/mol. The Balaban J connectivity index is 1.80. The van der Waals surface area contributed by atoms with Crippen LogP contribution in [-0.2, 0) is 14.8 Å². The maximum Gasteiger partial charge on any atom is 0.279 e. The smallest absolute Gasteiger partial charge is 0.279 e. The van der Waals surface area contributed by atoms with Gasteiger partial charge in [-0.15, -0.1) is 0 Å². The zero-order valence-corrected chi connectivity index (χ0v) is 18.4. The third-order valence-corrected chi connectivity index (χ3v) is 7.41. The number of rotatable bonds is 7. The number of likely N-dealkylation sites (tertiary alicyclic amines) is 1. The van der Waals surface area contributed by atoms with E-state index in [1.165, 1.54) is 15.6 Å². The normalized spacial score (nSPS) is 19.3. The molecule has 3 rings (SSSR count). The highest BCUT2D eigenvalue weighted by Gasteiger charge is 2.27. The summed E-state index contributed by atoms with van der Waals surface area (Å²) in [6.07, 6.45) is 6.28. The number of sulfonamides is 1. The number of carbonyl (C=O) groups excluding carboxylic acids is 1. The van der Waals surface area contributed by atoms with Crippen LogP contribution in [0.3, 0.4) is 0 Å². The van der Waals surface area contributed by atoms with Crippen LogP contribution in [0.1, 0.15) is 52.4 Å². The average molecular weight is 425 g/mol. The van der Waals surface area contributed by atoms with E-state index >= 15 is 0 Å². The molecule has 1 aromatic carbocycles. The summed E-state index contributed by atoms with van der Waals surface area (Å²) in [4.78, 5) is 14.1. The van der Waals surface area contributed by atoms with E-state index in [1.54, 1.807) is 18.2 Å². The number of hydrogen-bond acceptors (Lipinski definition) is 4. The van der Waals surface area contributed by atoms with Crippen LogP contribution in [0.4, 0.5) is 5.69 Å². The summed E-state index contributed by atoms with van der Waals surface area (Å²) in [5.74, 6) is 0.391. The van der Waals surface area contributed by atoms with Crippen LogP contribution in [0.15, 0.2) is 23.1 Å². The predicted molar refractivity (Wildman–Crippen MR) is 113 cm³/mol. The lowest BCUT2D eigenvalue weighted by molar-refractivity contribution is -0.896. The van der Waals surface area contributed by atoms with Gasteiger partial charge in [-0.05, 0) is 64.2 Å². The molecule has 0 aliphatic carbocycles. The number of hydrogen-bond donors (Lipinski definition) is 2. The molecule has 2 saturated heterocycles. The van der Waals surface area contributed by atoms with Crippen molar-refractivity contribution in [3.05, 3.63) is 18.2 Å². The van der Waals surface area contributed by atoms with Crippen LogP contribution in [0.5, 0.6) is 5.75 Å². The van der Waals surface area contributed by atoms with Crippen molar-refractivity contribution in [1.82, 2.24) is 4.31 Å². The van der Waals surface area contributed by atoms with Crippen LogP contribution in [0.25, 0.3) is 0 Å². The van der Waals surface area contributed by atoms with E-state index in [0.29, 0.717) is 31.1 Å². The zero-order chi connectivity index (χ0) is 20.9. The van der Waals surface area contributed by atoms with Crippen molar-refractivity contribution >= 4 is 21.6 Å². The number of carbonyl (C=O) groups is 1. The fraction of sp³-hybridized carbons (Fsp3) is 0.667. The Morgan fingerprint density at radius 1 is 1.10 bits per heavy atom. The highest BCUT2D eigenvalue weighted by molar-refractivity contribution is 7.89. The van der Waals surface area contributed by atoms with Crippen molar-refractivity contribution in [1.29, 1.82) is 0 Å². The molecule has 0 aromatic heterocycles. The summed E-state index contributed by atoms with van der Waals surface area (Å²) in [6.45, 7) is 7.31. The Morgan fingerprint density at radius 3 is 2.41 bits per heavy atom. The van der Waals surface area contributed by atoms with Gasteiger partial charge in [-0.25, -0.2) is 8.42 Å². The molecule has 0 bridgehead atoms. The molecule has 1 aromatic rings. The first-order valence-corrected chi connectivity index (χ1v) is 12.2. The predicted octanol–water partition coefficient (Wildman–Crippen LogP) is 1.66. The Morgan fingerprint density at radius 2 is 1.76 bits per heavy atom.